The first kappa shape index (κ1) is 20.7. The van der Waals surface area contributed by atoms with E-state index in [-0.39, 0.29) is 24.0 Å². The largest absolute Gasteiger partial charge is 0.332 e. The van der Waals surface area contributed by atoms with Gasteiger partial charge in [-0.05, 0) is 30.2 Å². The lowest BCUT2D eigenvalue weighted by Crippen LogP contribution is -2.34. The molecular formula is C21H21N5O4. The topological polar surface area (TPSA) is 110 Å². The zero-order chi connectivity index (χ0) is 21.7. The third-order valence-electron chi connectivity index (χ3n) is 4.55. The summed E-state index contributed by atoms with van der Waals surface area (Å²) in [6, 6.07) is 13.3. The third kappa shape index (κ3) is 4.69. The Hall–Kier alpha value is -4.01. The molecule has 0 spiro atoms. The fraction of sp³-hybridized carbons (Fsp3) is 0.190. The van der Waals surface area contributed by atoms with E-state index >= 15 is 0 Å². The summed E-state index contributed by atoms with van der Waals surface area (Å²) in [6.07, 6.45) is 3.70. The maximum atomic E-state index is 12.6. The second-order valence-electron chi connectivity index (χ2n) is 6.67. The summed E-state index contributed by atoms with van der Waals surface area (Å²) >= 11 is 0. The van der Waals surface area contributed by atoms with Crippen LogP contribution in [0.15, 0.2) is 60.9 Å². The molecule has 3 aromatic rings. The second-order valence-corrected chi connectivity index (χ2v) is 6.67. The molecule has 0 aliphatic rings. The van der Waals surface area contributed by atoms with Crippen molar-refractivity contribution in [2.24, 2.45) is 0 Å². The molecule has 2 amide bonds. The van der Waals surface area contributed by atoms with Gasteiger partial charge in [-0.2, -0.15) is 5.10 Å². The van der Waals surface area contributed by atoms with Crippen LogP contribution in [0.3, 0.4) is 0 Å². The minimum Gasteiger partial charge on any atom is -0.332 e. The number of amides is 2. The van der Waals surface area contributed by atoms with Crippen molar-refractivity contribution in [1.82, 2.24) is 14.7 Å². The van der Waals surface area contributed by atoms with Crippen molar-refractivity contribution in [2.75, 3.05) is 18.9 Å². The number of benzene rings is 2. The highest BCUT2D eigenvalue weighted by molar-refractivity contribution is 5.99. The number of aryl methyl sites for hydroxylation is 1. The van der Waals surface area contributed by atoms with E-state index in [4.69, 9.17) is 0 Å². The number of nitrogens with zero attached hydrogens (tertiary/aromatic N) is 4. The quantitative estimate of drug-likeness (QED) is 0.478. The summed E-state index contributed by atoms with van der Waals surface area (Å²) in [4.78, 5) is 36.6. The van der Waals surface area contributed by atoms with Gasteiger partial charge in [0.2, 0.25) is 5.91 Å². The van der Waals surface area contributed by atoms with Crippen molar-refractivity contribution >= 4 is 23.2 Å². The Morgan fingerprint density at radius 3 is 2.53 bits per heavy atom. The number of para-hydroxylation sites is 1. The van der Waals surface area contributed by atoms with Gasteiger partial charge in [0.1, 0.15) is 0 Å². The van der Waals surface area contributed by atoms with Crippen LogP contribution in [0.4, 0.5) is 11.4 Å². The smallest absolute Gasteiger partial charge is 0.269 e. The lowest BCUT2D eigenvalue weighted by Gasteiger charge is -2.17. The summed E-state index contributed by atoms with van der Waals surface area (Å²) in [5.41, 5.74) is 2.60. The van der Waals surface area contributed by atoms with Crippen LogP contribution in [0.25, 0.3) is 5.69 Å². The van der Waals surface area contributed by atoms with Crippen LogP contribution in [-0.2, 0) is 11.2 Å². The summed E-state index contributed by atoms with van der Waals surface area (Å²) in [5, 5.41) is 17.7. The van der Waals surface area contributed by atoms with Crippen molar-refractivity contribution in [1.29, 1.82) is 0 Å². The van der Waals surface area contributed by atoms with Gasteiger partial charge in [-0.1, -0.05) is 25.1 Å². The molecule has 0 radical (unpaired) electrons. The molecule has 1 heterocycles. The first-order valence-electron chi connectivity index (χ1n) is 9.31. The Kier molecular flexibility index (Phi) is 6.21. The van der Waals surface area contributed by atoms with Crippen molar-refractivity contribution in [3.8, 4) is 5.69 Å². The Morgan fingerprint density at radius 1 is 1.17 bits per heavy atom. The monoisotopic (exact) mass is 407 g/mol. The van der Waals surface area contributed by atoms with Crippen LogP contribution in [0, 0.1) is 10.1 Å². The van der Waals surface area contributed by atoms with Gasteiger partial charge in [0, 0.05) is 31.1 Å². The predicted octanol–water partition coefficient (Wildman–Crippen LogP) is 3.05. The van der Waals surface area contributed by atoms with Crippen LogP contribution in [0.5, 0.6) is 0 Å². The maximum absolute atomic E-state index is 12.6. The highest BCUT2D eigenvalue weighted by Gasteiger charge is 2.18. The van der Waals surface area contributed by atoms with E-state index < -0.39 is 4.92 Å². The third-order valence-corrected chi connectivity index (χ3v) is 4.55. The Bertz CT molecular complexity index is 1080. The lowest BCUT2D eigenvalue weighted by atomic mass is 10.1. The number of rotatable bonds is 7. The van der Waals surface area contributed by atoms with Crippen LogP contribution >= 0.6 is 0 Å². The zero-order valence-electron chi connectivity index (χ0n) is 16.6. The summed E-state index contributed by atoms with van der Waals surface area (Å²) in [5.74, 6) is -0.656. The van der Waals surface area contributed by atoms with E-state index in [9.17, 15) is 19.7 Å². The molecule has 3 rings (SSSR count). The summed E-state index contributed by atoms with van der Waals surface area (Å²) < 4.78 is 1.45. The average molecular weight is 407 g/mol. The number of hydrogen-bond acceptors (Lipinski definition) is 5. The number of anilines is 1. The fourth-order valence-corrected chi connectivity index (χ4v) is 2.95. The molecule has 0 saturated heterocycles. The second kappa shape index (κ2) is 8.99. The molecule has 9 nitrogen and oxygen atoms in total. The highest BCUT2D eigenvalue weighted by Crippen LogP contribution is 2.17. The molecule has 0 aliphatic heterocycles. The van der Waals surface area contributed by atoms with E-state index in [0.29, 0.717) is 11.3 Å². The number of carbonyl (C=O) groups is 2. The number of nitro benzene ring substituents is 1. The van der Waals surface area contributed by atoms with E-state index in [2.05, 4.69) is 10.4 Å². The fourth-order valence-electron chi connectivity index (χ4n) is 2.95. The number of hydrogen-bond donors (Lipinski definition) is 1. The number of likely N-dealkylation sites (N-methyl/N-ethyl adjacent to an activating group) is 1. The molecule has 1 aromatic heterocycles. The number of aromatic nitrogens is 2. The first-order chi connectivity index (χ1) is 14.4. The molecule has 0 atom stereocenters. The van der Waals surface area contributed by atoms with Crippen molar-refractivity contribution < 1.29 is 14.5 Å². The Labute approximate surface area is 173 Å². The van der Waals surface area contributed by atoms with Crippen LogP contribution in [0.2, 0.25) is 0 Å². The standard InChI is InChI=1S/C21H21N5O4/c1-3-15-6-4-5-7-19(15)23-20(27)14-24(2)21(28)16-12-22-25(13-16)17-8-10-18(11-9-17)26(29)30/h4-13H,3,14H2,1-2H3,(H,23,27). The number of nitrogens with one attached hydrogen (secondary N) is 1. The van der Waals surface area contributed by atoms with Gasteiger partial charge in [-0.25, -0.2) is 4.68 Å². The van der Waals surface area contributed by atoms with Gasteiger partial charge in [-0.15, -0.1) is 0 Å². The molecule has 2 aromatic carbocycles. The van der Waals surface area contributed by atoms with Crippen LogP contribution < -0.4 is 5.32 Å². The van der Waals surface area contributed by atoms with Crippen LogP contribution in [-0.4, -0.2) is 45.0 Å². The average Bonchev–Trinajstić information content (AvgIpc) is 3.23. The van der Waals surface area contributed by atoms with Gasteiger partial charge >= 0.3 is 0 Å². The summed E-state index contributed by atoms with van der Waals surface area (Å²) in [6.45, 7) is 1.89. The summed E-state index contributed by atoms with van der Waals surface area (Å²) in [7, 11) is 1.54. The molecule has 1 N–H and O–H groups in total. The molecule has 0 unspecified atom stereocenters. The van der Waals surface area contributed by atoms with Gasteiger partial charge in [-0.3, -0.25) is 19.7 Å². The van der Waals surface area contributed by atoms with E-state index in [1.165, 1.54) is 41.2 Å². The number of nitro groups is 1. The molecule has 154 valence electrons. The van der Waals surface area contributed by atoms with Crippen molar-refractivity contribution in [2.45, 2.75) is 13.3 Å². The van der Waals surface area contributed by atoms with Gasteiger partial charge in [0.05, 0.1) is 28.9 Å². The zero-order valence-corrected chi connectivity index (χ0v) is 16.6. The molecular weight excluding hydrogens is 386 g/mol. The van der Waals surface area contributed by atoms with Crippen LogP contribution in [0.1, 0.15) is 22.8 Å². The molecule has 0 fully saturated rings. The van der Waals surface area contributed by atoms with Gasteiger partial charge in [0.15, 0.2) is 0 Å². The van der Waals surface area contributed by atoms with E-state index in [1.807, 2.05) is 31.2 Å². The maximum Gasteiger partial charge on any atom is 0.269 e. The predicted molar refractivity (Wildman–Crippen MR) is 112 cm³/mol. The first-order valence-corrected chi connectivity index (χ1v) is 9.31. The highest BCUT2D eigenvalue weighted by atomic mass is 16.6. The molecule has 30 heavy (non-hydrogen) atoms. The van der Waals surface area contributed by atoms with Crippen molar-refractivity contribution in [3.05, 3.63) is 82.2 Å². The molecule has 0 saturated carbocycles. The normalized spacial score (nSPS) is 10.5. The van der Waals surface area contributed by atoms with Crippen molar-refractivity contribution in [3.63, 3.8) is 0 Å². The molecule has 9 heteroatoms. The minimum atomic E-state index is -0.485. The lowest BCUT2D eigenvalue weighted by molar-refractivity contribution is -0.384. The van der Waals surface area contributed by atoms with Gasteiger partial charge in [0.25, 0.3) is 11.6 Å². The van der Waals surface area contributed by atoms with Gasteiger partial charge < -0.3 is 10.2 Å². The molecule has 0 aliphatic carbocycles. The number of carbonyl (C=O) groups excluding carboxylic acids is 2. The number of non-ortho nitro benzene ring substituents is 1. The van der Waals surface area contributed by atoms with E-state index in [0.717, 1.165) is 17.7 Å². The minimum absolute atomic E-state index is 0.0300. The molecule has 0 bridgehead atoms. The Balaban J connectivity index is 1.65. The SMILES string of the molecule is CCc1ccccc1NC(=O)CN(C)C(=O)c1cnn(-c2ccc([N+](=O)[O-])cc2)c1. The Morgan fingerprint density at radius 2 is 1.87 bits per heavy atom. The van der Waals surface area contributed by atoms with E-state index in [1.54, 1.807) is 12.1 Å².